The minimum absolute atomic E-state index is 0.220. The van der Waals surface area contributed by atoms with E-state index >= 15 is 0 Å². The molecule has 0 aromatic heterocycles. The molecule has 0 fully saturated rings. The Morgan fingerprint density at radius 3 is 2.36 bits per heavy atom. The lowest BCUT2D eigenvalue weighted by molar-refractivity contribution is -0.146. The second-order valence-corrected chi connectivity index (χ2v) is 5.44. The fourth-order valence-electron chi connectivity index (χ4n) is 2.48. The Morgan fingerprint density at radius 2 is 1.72 bits per heavy atom. The summed E-state index contributed by atoms with van der Waals surface area (Å²) in [4.78, 5) is 11.2. The summed E-state index contributed by atoms with van der Waals surface area (Å²) in [6, 6.07) is 11.6. The van der Waals surface area contributed by atoms with E-state index in [0.29, 0.717) is 11.1 Å². The van der Waals surface area contributed by atoms with Gasteiger partial charge in [0, 0.05) is 16.8 Å². The van der Waals surface area contributed by atoms with Crippen LogP contribution in [0, 0.1) is 11.8 Å². The van der Waals surface area contributed by atoms with Crippen LogP contribution in [0.2, 0.25) is 0 Å². The molecule has 2 N–H and O–H groups in total. The lowest BCUT2D eigenvalue weighted by Crippen LogP contribution is -2.41. The fraction of sp³-hybridized carbons (Fsp3) is 0.105. The minimum Gasteiger partial charge on any atom is -0.478 e. The average molecular weight is 343 g/mol. The van der Waals surface area contributed by atoms with E-state index in [1.54, 1.807) is 12.1 Å². The Hall–Kier alpha value is -3.20. The van der Waals surface area contributed by atoms with Crippen LogP contribution in [0.1, 0.15) is 16.7 Å². The number of anilines is 1. The molecule has 2 aromatic rings. The zero-order valence-corrected chi connectivity index (χ0v) is 12.8. The maximum Gasteiger partial charge on any atom is 0.413 e. The van der Waals surface area contributed by atoms with E-state index in [-0.39, 0.29) is 5.69 Å². The van der Waals surface area contributed by atoms with Crippen molar-refractivity contribution in [1.82, 2.24) is 0 Å². The van der Waals surface area contributed by atoms with Gasteiger partial charge < -0.3 is 10.4 Å². The second-order valence-electron chi connectivity index (χ2n) is 5.44. The quantitative estimate of drug-likeness (QED) is 0.772. The number of carboxylic acids is 1. The number of alkyl halides is 3. The van der Waals surface area contributed by atoms with Crippen molar-refractivity contribution in [2.45, 2.75) is 12.2 Å². The first-order valence-corrected chi connectivity index (χ1v) is 7.34. The molecule has 0 radical (unpaired) electrons. The first kappa shape index (κ1) is 16.7. The van der Waals surface area contributed by atoms with Crippen molar-refractivity contribution >= 4 is 17.7 Å². The molecule has 0 spiro atoms. The average Bonchev–Trinajstić information content (AvgIpc) is 2.58. The number of nitrogens with one attached hydrogen (secondary N) is 1. The van der Waals surface area contributed by atoms with Gasteiger partial charge in [-0.1, -0.05) is 30.0 Å². The van der Waals surface area contributed by atoms with Gasteiger partial charge in [-0.25, -0.2) is 4.79 Å². The highest BCUT2D eigenvalue weighted by Crippen LogP contribution is 2.35. The summed E-state index contributed by atoms with van der Waals surface area (Å²) in [5.74, 6) is 4.26. The van der Waals surface area contributed by atoms with Crippen LogP contribution in [0.5, 0.6) is 0 Å². The van der Waals surface area contributed by atoms with Crippen LogP contribution < -0.4 is 5.32 Å². The van der Waals surface area contributed by atoms with Crippen LogP contribution in [0.25, 0.3) is 6.08 Å². The first-order valence-electron chi connectivity index (χ1n) is 7.34. The molecular formula is C19H12F3NO2. The van der Waals surface area contributed by atoms with Gasteiger partial charge in [0.25, 0.3) is 0 Å². The molecule has 25 heavy (non-hydrogen) atoms. The highest BCUT2D eigenvalue weighted by molar-refractivity contribution is 5.97. The molecular weight excluding hydrogens is 331 g/mol. The van der Waals surface area contributed by atoms with E-state index in [9.17, 15) is 18.0 Å². The molecule has 0 aliphatic carbocycles. The minimum atomic E-state index is -4.70. The molecule has 6 heteroatoms. The molecule has 0 bridgehead atoms. The van der Waals surface area contributed by atoms with Crippen molar-refractivity contribution < 1.29 is 23.1 Å². The third-order valence-corrected chi connectivity index (χ3v) is 3.67. The van der Waals surface area contributed by atoms with Crippen molar-refractivity contribution in [3.05, 3.63) is 70.8 Å². The smallest absolute Gasteiger partial charge is 0.413 e. The topological polar surface area (TPSA) is 49.3 Å². The predicted octanol–water partition coefficient (Wildman–Crippen LogP) is 3.91. The Kier molecular flexibility index (Phi) is 4.24. The molecule has 1 heterocycles. The lowest BCUT2D eigenvalue weighted by Gasteiger charge is -2.28. The van der Waals surface area contributed by atoms with Gasteiger partial charge in [-0.3, -0.25) is 0 Å². The number of benzene rings is 2. The first-order chi connectivity index (χ1) is 11.8. The highest BCUT2D eigenvalue weighted by Gasteiger charge is 2.46. The third-order valence-electron chi connectivity index (χ3n) is 3.67. The summed E-state index contributed by atoms with van der Waals surface area (Å²) >= 11 is 0. The SMILES string of the molecule is O=C(O)C1=Cc2cc(C#Cc3ccccc3)ccc2N[C@@H]1C(F)(F)F. The lowest BCUT2D eigenvalue weighted by atomic mass is 9.96. The van der Waals surface area contributed by atoms with Gasteiger partial charge in [0.1, 0.15) is 0 Å². The van der Waals surface area contributed by atoms with Crippen molar-refractivity contribution in [3.63, 3.8) is 0 Å². The van der Waals surface area contributed by atoms with Gasteiger partial charge in [-0.15, -0.1) is 0 Å². The van der Waals surface area contributed by atoms with Gasteiger partial charge in [-0.2, -0.15) is 13.2 Å². The maximum atomic E-state index is 13.0. The monoisotopic (exact) mass is 343 g/mol. The van der Waals surface area contributed by atoms with Crippen molar-refractivity contribution in [1.29, 1.82) is 0 Å². The molecule has 1 atom stereocenters. The molecule has 0 saturated carbocycles. The molecule has 126 valence electrons. The van der Waals surface area contributed by atoms with Gasteiger partial charge >= 0.3 is 12.1 Å². The largest absolute Gasteiger partial charge is 0.478 e. The predicted molar refractivity (Wildman–Crippen MR) is 87.9 cm³/mol. The van der Waals surface area contributed by atoms with Crippen molar-refractivity contribution in [3.8, 4) is 11.8 Å². The number of rotatable bonds is 1. The maximum absolute atomic E-state index is 13.0. The molecule has 1 aliphatic rings. The second kappa shape index (κ2) is 6.36. The summed E-state index contributed by atoms with van der Waals surface area (Å²) < 4.78 is 39.1. The molecule has 3 nitrogen and oxygen atoms in total. The van der Waals surface area contributed by atoms with E-state index in [4.69, 9.17) is 5.11 Å². The van der Waals surface area contributed by atoms with Gasteiger partial charge in [0.2, 0.25) is 0 Å². The van der Waals surface area contributed by atoms with E-state index in [0.717, 1.165) is 11.6 Å². The van der Waals surface area contributed by atoms with E-state index in [1.807, 2.05) is 30.3 Å². The van der Waals surface area contributed by atoms with Crippen LogP contribution in [-0.2, 0) is 4.79 Å². The van der Waals surface area contributed by atoms with Gasteiger partial charge in [-0.05, 0) is 42.0 Å². The third kappa shape index (κ3) is 3.66. The summed E-state index contributed by atoms with van der Waals surface area (Å²) in [5.41, 5.74) is 1.22. The van der Waals surface area contributed by atoms with E-state index in [1.165, 1.54) is 6.07 Å². The number of fused-ring (bicyclic) bond motifs is 1. The Labute approximate surface area is 141 Å². The van der Waals surface area contributed by atoms with Crippen LogP contribution >= 0.6 is 0 Å². The molecule has 0 saturated heterocycles. The van der Waals surface area contributed by atoms with E-state index in [2.05, 4.69) is 17.2 Å². The molecule has 2 aromatic carbocycles. The summed E-state index contributed by atoms with van der Waals surface area (Å²) in [6.07, 6.45) is -3.66. The number of aliphatic carboxylic acids is 1. The molecule has 1 aliphatic heterocycles. The van der Waals surface area contributed by atoms with Crippen molar-refractivity contribution in [2.75, 3.05) is 5.32 Å². The Balaban J connectivity index is 1.97. The van der Waals surface area contributed by atoms with Gasteiger partial charge in [0.15, 0.2) is 6.04 Å². The highest BCUT2D eigenvalue weighted by atomic mass is 19.4. The van der Waals surface area contributed by atoms with E-state index < -0.39 is 23.8 Å². The van der Waals surface area contributed by atoms with Crippen LogP contribution in [-0.4, -0.2) is 23.3 Å². The van der Waals surface area contributed by atoms with Crippen LogP contribution in [0.3, 0.4) is 0 Å². The van der Waals surface area contributed by atoms with Crippen molar-refractivity contribution in [2.24, 2.45) is 0 Å². The normalized spacial score (nSPS) is 16.0. The molecule has 3 rings (SSSR count). The molecule has 0 unspecified atom stereocenters. The Morgan fingerprint density at radius 1 is 1.04 bits per heavy atom. The van der Waals surface area contributed by atoms with Crippen LogP contribution in [0.15, 0.2) is 54.1 Å². The number of carbonyl (C=O) groups is 1. The number of carboxylic acid groups (broad SMARTS) is 1. The standard InChI is InChI=1S/C19H12F3NO2/c20-19(21,22)17-15(18(24)25)11-14-10-13(8-9-16(14)23-17)7-6-12-4-2-1-3-5-12/h1-5,8-11,17,23H,(H,24,25)/t17-/m0/s1. The summed E-state index contributed by atoms with van der Waals surface area (Å²) in [6.45, 7) is 0. The number of halogens is 3. The zero-order chi connectivity index (χ0) is 18.0. The Bertz CT molecular complexity index is 906. The van der Waals surface area contributed by atoms with Crippen LogP contribution in [0.4, 0.5) is 18.9 Å². The summed E-state index contributed by atoms with van der Waals surface area (Å²) in [7, 11) is 0. The zero-order valence-electron chi connectivity index (χ0n) is 12.8. The number of hydrogen-bond donors (Lipinski definition) is 2. The number of hydrogen-bond acceptors (Lipinski definition) is 2. The van der Waals surface area contributed by atoms with Gasteiger partial charge in [0.05, 0.1) is 5.57 Å². The fourth-order valence-corrected chi connectivity index (χ4v) is 2.48. The molecule has 0 amide bonds. The summed E-state index contributed by atoms with van der Waals surface area (Å²) in [5, 5.41) is 11.3.